The van der Waals surface area contributed by atoms with Crippen molar-refractivity contribution in [3.63, 3.8) is 0 Å². The highest BCUT2D eigenvalue weighted by molar-refractivity contribution is 5.29. The Hall–Kier alpha value is -0.920. The summed E-state index contributed by atoms with van der Waals surface area (Å²) < 4.78 is 13.6. The number of rotatable bonds is 1. The van der Waals surface area contributed by atoms with Crippen LogP contribution in [0.15, 0.2) is 6.07 Å². The third kappa shape index (κ3) is 2.55. The van der Waals surface area contributed by atoms with E-state index in [1.807, 2.05) is 20.8 Å². The Labute approximate surface area is 91.7 Å². The normalized spacial score (nSPS) is 12.3. The molecule has 1 rings (SSSR count). The minimum atomic E-state index is -0.185. The molecule has 0 spiro atoms. The van der Waals surface area contributed by atoms with Gasteiger partial charge in [-0.15, -0.1) is 0 Å². The van der Waals surface area contributed by atoms with Crippen LogP contribution < -0.4 is 0 Å². The lowest BCUT2D eigenvalue weighted by Gasteiger charge is -2.22. The van der Waals surface area contributed by atoms with Crippen LogP contribution in [0, 0.1) is 12.7 Å². The van der Waals surface area contributed by atoms with E-state index in [0.29, 0.717) is 5.69 Å². The van der Waals surface area contributed by atoms with Crippen LogP contribution in [-0.4, -0.2) is 4.98 Å². The van der Waals surface area contributed by atoms with E-state index < -0.39 is 0 Å². The van der Waals surface area contributed by atoms with Crippen molar-refractivity contribution in [2.24, 2.45) is 0 Å². The van der Waals surface area contributed by atoms with Crippen molar-refractivity contribution in [1.82, 2.24) is 4.98 Å². The van der Waals surface area contributed by atoms with Crippen molar-refractivity contribution in [2.75, 3.05) is 0 Å². The molecule has 2 heteroatoms. The molecule has 84 valence electrons. The highest BCUT2D eigenvalue weighted by atomic mass is 19.1. The summed E-state index contributed by atoms with van der Waals surface area (Å²) in [7, 11) is 0. The molecule has 0 radical (unpaired) electrons. The van der Waals surface area contributed by atoms with Crippen LogP contribution in [0.1, 0.15) is 57.5 Å². The average Bonchev–Trinajstić information content (AvgIpc) is 2.00. The molecule has 0 aliphatic rings. The largest absolute Gasteiger partial charge is 0.254 e. The summed E-state index contributed by atoms with van der Waals surface area (Å²) in [5.41, 5.74) is 2.48. The molecule has 0 atom stereocenters. The molecule has 0 fully saturated rings. The first-order chi connectivity index (χ1) is 6.73. The van der Waals surface area contributed by atoms with E-state index in [0.717, 1.165) is 11.3 Å². The second-order valence-corrected chi connectivity index (χ2v) is 5.43. The standard InChI is InChI=1S/C13H20FN/c1-8(2)11-10(14)7-9(3)12(15-11)13(4,5)6/h7-8H,1-6H3. The number of pyridine rings is 1. The van der Waals surface area contributed by atoms with Crippen molar-refractivity contribution in [3.05, 3.63) is 28.8 Å². The fraction of sp³-hybridized carbons (Fsp3) is 0.615. The van der Waals surface area contributed by atoms with E-state index in [2.05, 4.69) is 25.8 Å². The molecule has 0 amide bonds. The van der Waals surface area contributed by atoms with Gasteiger partial charge in [0.05, 0.1) is 5.69 Å². The minimum Gasteiger partial charge on any atom is -0.254 e. The molecule has 0 saturated heterocycles. The molecule has 0 unspecified atom stereocenters. The Kier molecular flexibility index (Phi) is 3.17. The summed E-state index contributed by atoms with van der Waals surface area (Å²) in [6.07, 6.45) is 0. The molecule has 15 heavy (non-hydrogen) atoms. The van der Waals surface area contributed by atoms with E-state index in [-0.39, 0.29) is 17.2 Å². The van der Waals surface area contributed by atoms with Crippen molar-refractivity contribution >= 4 is 0 Å². The zero-order valence-corrected chi connectivity index (χ0v) is 10.5. The van der Waals surface area contributed by atoms with Crippen LogP contribution in [0.4, 0.5) is 4.39 Å². The van der Waals surface area contributed by atoms with E-state index >= 15 is 0 Å². The number of halogens is 1. The summed E-state index contributed by atoms with van der Waals surface area (Å²) >= 11 is 0. The van der Waals surface area contributed by atoms with Crippen LogP contribution in [0.25, 0.3) is 0 Å². The maximum Gasteiger partial charge on any atom is 0.145 e. The lowest BCUT2D eigenvalue weighted by atomic mass is 9.88. The molecule has 0 aliphatic heterocycles. The smallest absolute Gasteiger partial charge is 0.145 e. The van der Waals surface area contributed by atoms with Gasteiger partial charge in [-0.3, -0.25) is 4.98 Å². The average molecular weight is 209 g/mol. The van der Waals surface area contributed by atoms with Crippen molar-refractivity contribution in [3.8, 4) is 0 Å². The minimum absolute atomic E-state index is 0.0264. The summed E-state index contributed by atoms with van der Waals surface area (Å²) in [5.74, 6) is -0.0535. The Bertz CT molecular complexity index is 362. The maximum atomic E-state index is 13.6. The third-order valence-electron chi connectivity index (χ3n) is 2.45. The van der Waals surface area contributed by atoms with Gasteiger partial charge in [0.2, 0.25) is 0 Å². The van der Waals surface area contributed by atoms with Gasteiger partial charge < -0.3 is 0 Å². The molecule has 1 aromatic rings. The Balaban J connectivity index is 3.37. The Morgan fingerprint density at radius 3 is 2.20 bits per heavy atom. The molecular formula is C13H20FN. The van der Waals surface area contributed by atoms with Crippen molar-refractivity contribution in [2.45, 2.75) is 52.9 Å². The predicted octanol–water partition coefficient (Wildman–Crippen LogP) is 3.95. The van der Waals surface area contributed by atoms with Gasteiger partial charge in [0.15, 0.2) is 0 Å². The monoisotopic (exact) mass is 209 g/mol. The number of hydrogen-bond acceptors (Lipinski definition) is 1. The fourth-order valence-electron chi connectivity index (χ4n) is 1.76. The van der Waals surface area contributed by atoms with E-state index in [1.54, 1.807) is 6.07 Å². The quantitative estimate of drug-likeness (QED) is 0.682. The first-order valence-electron chi connectivity index (χ1n) is 5.41. The van der Waals surface area contributed by atoms with Crippen molar-refractivity contribution < 1.29 is 4.39 Å². The summed E-state index contributed by atoms with van der Waals surface area (Å²) in [4.78, 5) is 4.47. The zero-order chi connectivity index (χ0) is 11.8. The van der Waals surface area contributed by atoms with Gasteiger partial charge in [-0.1, -0.05) is 34.6 Å². The molecule has 1 nitrogen and oxygen atoms in total. The fourth-order valence-corrected chi connectivity index (χ4v) is 1.76. The van der Waals surface area contributed by atoms with E-state index in [9.17, 15) is 4.39 Å². The predicted molar refractivity (Wildman–Crippen MR) is 61.7 cm³/mol. The van der Waals surface area contributed by atoms with Gasteiger partial charge in [-0.2, -0.15) is 0 Å². The zero-order valence-electron chi connectivity index (χ0n) is 10.5. The highest BCUT2D eigenvalue weighted by Crippen LogP contribution is 2.27. The topological polar surface area (TPSA) is 12.9 Å². The molecular weight excluding hydrogens is 189 g/mol. The van der Waals surface area contributed by atoms with E-state index in [1.165, 1.54) is 0 Å². The molecule has 0 N–H and O–H groups in total. The van der Waals surface area contributed by atoms with Crippen LogP contribution in [0.5, 0.6) is 0 Å². The maximum absolute atomic E-state index is 13.6. The summed E-state index contributed by atoms with van der Waals surface area (Å²) in [6, 6.07) is 1.60. The molecule has 0 saturated carbocycles. The lowest BCUT2D eigenvalue weighted by Crippen LogP contribution is -2.17. The molecule has 1 aromatic heterocycles. The van der Waals surface area contributed by atoms with Gasteiger partial charge in [-0.25, -0.2) is 4.39 Å². The lowest BCUT2D eigenvalue weighted by molar-refractivity contribution is 0.533. The molecule has 1 heterocycles. The Morgan fingerprint density at radius 1 is 1.27 bits per heavy atom. The summed E-state index contributed by atoms with van der Waals surface area (Å²) in [6.45, 7) is 12.2. The molecule has 0 aliphatic carbocycles. The van der Waals surface area contributed by atoms with Crippen LogP contribution >= 0.6 is 0 Å². The second-order valence-electron chi connectivity index (χ2n) is 5.43. The molecule has 0 bridgehead atoms. The summed E-state index contributed by atoms with van der Waals surface area (Å²) in [5, 5.41) is 0. The molecule has 0 aromatic carbocycles. The Morgan fingerprint density at radius 2 is 1.80 bits per heavy atom. The second kappa shape index (κ2) is 3.92. The number of hydrogen-bond donors (Lipinski definition) is 0. The number of aryl methyl sites for hydroxylation is 1. The first kappa shape index (κ1) is 12.2. The third-order valence-corrected chi connectivity index (χ3v) is 2.45. The van der Waals surface area contributed by atoms with Gasteiger partial charge in [0.25, 0.3) is 0 Å². The first-order valence-corrected chi connectivity index (χ1v) is 5.41. The van der Waals surface area contributed by atoms with Crippen LogP contribution in [0.2, 0.25) is 0 Å². The highest BCUT2D eigenvalue weighted by Gasteiger charge is 2.21. The van der Waals surface area contributed by atoms with E-state index in [4.69, 9.17) is 0 Å². The SMILES string of the molecule is Cc1cc(F)c(C(C)C)nc1C(C)(C)C. The number of nitrogens with zero attached hydrogens (tertiary/aromatic N) is 1. The van der Waals surface area contributed by atoms with Crippen molar-refractivity contribution in [1.29, 1.82) is 0 Å². The van der Waals surface area contributed by atoms with Crippen LogP contribution in [-0.2, 0) is 5.41 Å². The number of aromatic nitrogens is 1. The van der Waals surface area contributed by atoms with Gasteiger partial charge in [-0.05, 0) is 24.5 Å². The van der Waals surface area contributed by atoms with Crippen LogP contribution in [0.3, 0.4) is 0 Å². The van der Waals surface area contributed by atoms with Gasteiger partial charge >= 0.3 is 0 Å². The van der Waals surface area contributed by atoms with Gasteiger partial charge in [0.1, 0.15) is 5.82 Å². The van der Waals surface area contributed by atoms with Gasteiger partial charge in [0, 0.05) is 11.1 Å².